The smallest absolute Gasteiger partial charge is 0.303 e. The molecule has 1 fully saturated rings. The van der Waals surface area contributed by atoms with Crippen LogP contribution in [0.3, 0.4) is 0 Å². The molecule has 6 heteroatoms. The van der Waals surface area contributed by atoms with Crippen LogP contribution in [-0.4, -0.2) is 26.8 Å². The fraction of sp³-hybridized carbons (Fsp3) is 0.367. The number of hydrogen-bond acceptors (Lipinski definition) is 5. The molecule has 3 aromatic rings. The number of carbonyl (C=O) groups excluding carboxylic acids is 1. The van der Waals surface area contributed by atoms with E-state index < -0.39 is 17.3 Å². The zero-order valence-corrected chi connectivity index (χ0v) is 20.6. The Labute approximate surface area is 211 Å². The van der Waals surface area contributed by atoms with Crippen molar-refractivity contribution in [1.82, 2.24) is 9.97 Å². The zero-order chi connectivity index (χ0) is 25.4. The van der Waals surface area contributed by atoms with E-state index in [-0.39, 0.29) is 24.0 Å². The number of carbonyl (C=O) groups is 2. The van der Waals surface area contributed by atoms with Gasteiger partial charge in [0, 0.05) is 28.9 Å². The summed E-state index contributed by atoms with van der Waals surface area (Å²) >= 11 is 0. The van der Waals surface area contributed by atoms with E-state index in [0.717, 1.165) is 46.5 Å². The summed E-state index contributed by atoms with van der Waals surface area (Å²) in [5, 5.41) is 19.1. The zero-order valence-electron chi connectivity index (χ0n) is 20.6. The number of carboxylic acid groups (broad SMARTS) is 1. The molecule has 2 aliphatic carbocycles. The van der Waals surface area contributed by atoms with Crippen LogP contribution in [0.2, 0.25) is 0 Å². The Bertz CT molecular complexity index is 1380. The number of Topliss-reactive ketones (excluding diaryl/α,β-unsaturated/α-hetero) is 1. The number of nitrogens with zero attached hydrogens (tertiary/aromatic N) is 3. The predicted molar refractivity (Wildman–Crippen MR) is 135 cm³/mol. The Hall–Kier alpha value is -3.85. The number of rotatable bonds is 5. The average molecular weight is 480 g/mol. The van der Waals surface area contributed by atoms with Gasteiger partial charge in [0.05, 0.1) is 17.5 Å². The lowest BCUT2D eigenvalue weighted by molar-refractivity contribution is -0.137. The molecule has 2 aliphatic rings. The fourth-order valence-corrected chi connectivity index (χ4v) is 6.46. The first-order chi connectivity index (χ1) is 17.3. The van der Waals surface area contributed by atoms with E-state index in [2.05, 4.69) is 18.2 Å². The maximum atomic E-state index is 13.1. The Balaban J connectivity index is 1.72. The van der Waals surface area contributed by atoms with E-state index in [1.165, 1.54) is 0 Å². The quantitative estimate of drug-likeness (QED) is 0.548. The van der Waals surface area contributed by atoms with Crippen LogP contribution in [-0.2, 0) is 27.8 Å². The predicted octanol–water partition coefficient (Wildman–Crippen LogP) is 5.07. The molecule has 2 aromatic carbocycles. The number of fused-ring (bicyclic) bond motifs is 3. The first-order valence-corrected chi connectivity index (χ1v) is 12.5. The van der Waals surface area contributed by atoms with Crippen molar-refractivity contribution >= 4 is 11.8 Å². The van der Waals surface area contributed by atoms with Gasteiger partial charge in [0.1, 0.15) is 11.7 Å². The number of ketones is 1. The second kappa shape index (κ2) is 9.31. The van der Waals surface area contributed by atoms with Crippen LogP contribution in [0.4, 0.5) is 0 Å². The summed E-state index contributed by atoms with van der Waals surface area (Å²) in [4.78, 5) is 34.1. The van der Waals surface area contributed by atoms with Crippen molar-refractivity contribution < 1.29 is 14.7 Å². The molecule has 0 amide bonds. The van der Waals surface area contributed by atoms with Gasteiger partial charge >= 0.3 is 5.97 Å². The molecule has 0 aliphatic heterocycles. The maximum absolute atomic E-state index is 13.1. The lowest BCUT2D eigenvalue weighted by atomic mass is 9.50. The first kappa shape index (κ1) is 23.9. The molecule has 36 heavy (non-hydrogen) atoms. The van der Waals surface area contributed by atoms with Gasteiger partial charge in [-0.1, -0.05) is 55.5 Å². The van der Waals surface area contributed by atoms with Gasteiger partial charge in [-0.15, -0.1) is 0 Å². The first-order valence-electron chi connectivity index (χ1n) is 12.5. The summed E-state index contributed by atoms with van der Waals surface area (Å²) < 4.78 is 0. The Morgan fingerprint density at radius 1 is 1.17 bits per heavy atom. The van der Waals surface area contributed by atoms with E-state index in [4.69, 9.17) is 15.1 Å². The minimum Gasteiger partial charge on any atom is -0.481 e. The van der Waals surface area contributed by atoms with Crippen molar-refractivity contribution in [1.29, 1.82) is 5.26 Å². The Morgan fingerprint density at radius 2 is 1.94 bits per heavy atom. The fourth-order valence-electron chi connectivity index (χ4n) is 6.46. The van der Waals surface area contributed by atoms with Crippen LogP contribution in [0.25, 0.3) is 11.3 Å². The number of benzene rings is 2. The Morgan fingerprint density at radius 3 is 2.67 bits per heavy atom. The Kier molecular flexibility index (Phi) is 6.17. The van der Waals surface area contributed by atoms with E-state index in [1.807, 2.05) is 56.3 Å². The number of aliphatic carboxylic acids is 1. The van der Waals surface area contributed by atoms with Crippen molar-refractivity contribution in [2.24, 2.45) is 17.8 Å². The summed E-state index contributed by atoms with van der Waals surface area (Å²) in [5.74, 6) is -1.01. The molecule has 0 radical (unpaired) electrons. The average Bonchev–Trinajstić information content (AvgIpc) is 2.89. The SMILES string of the molecule is Cc1nc(-c2cccc(CCC(=O)O)c2)c2c(n1)[C@@]1(c3ccccc3)CC(C#N)C(=O)[C@@H](C)[C@@H]1CC2. The maximum Gasteiger partial charge on any atom is 0.303 e. The molecule has 4 atom stereocenters. The second-order valence-electron chi connectivity index (χ2n) is 10.1. The lowest BCUT2D eigenvalue weighted by Gasteiger charge is -2.51. The third kappa shape index (κ3) is 3.89. The molecule has 1 saturated carbocycles. The number of carboxylic acids is 1. The van der Waals surface area contributed by atoms with Crippen molar-refractivity contribution in [3.05, 3.63) is 82.8 Å². The van der Waals surface area contributed by atoms with Gasteiger partial charge in [-0.3, -0.25) is 9.59 Å². The highest BCUT2D eigenvalue weighted by Gasteiger charge is 2.56. The molecule has 0 bridgehead atoms. The molecule has 5 rings (SSSR count). The monoisotopic (exact) mass is 479 g/mol. The van der Waals surface area contributed by atoms with Gasteiger partial charge in [0.15, 0.2) is 5.78 Å². The molecular weight excluding hydrogens is 450 g/mol. The van der Waals surface area contributed by atoms with Crippen molar-refractivity contribution in [3.63, 3.8) is 0 Å². The number of hydrogen-bond donors (Lipinski definition) is 1. The standard InChI is InChI=1S/C30H29N3O3/c1-18-25-13-12-24-27(21-8-6-7-20(15-21)11-14-26(34)35)32-19(2)33-29(24)30(25,16-22(17-31)28(18)36)23-9-4-3-5-10-23/h3-10,15,18,22,25H,11-14,16H2,1-2H3,(H,34,35)/t18-,22?,25-,30+/m0/s1. The van der Waals surface area contributed by atoms with Crippen LogP contribution in [0.15, 0.2) is 54.6 Å². The van der Waals surface area contributed by atoms with Crippen LogP contribution < -0.4 is 0 Å². The van der Waals surface area contributed by atoms with Crippen LogP contribution in [0.5, 0.6) is 0 Å². The summed E-state index contributed by atoms with van der Waals surface area (Å²) in [6, 6.07) is 20.4. The third-order valence-corrected chi connectivity index (χ3v) is 8.07. The van der Waals surface area contributed by atoms with E-state index in [1.54, 1.807) is 0 Å². The number of aryl methyl sites for hydroxylation is 2. The van der Waals surface area contributed by atoms with E-state index in [0.29, 0.717) is 18.7 Å². The number of nitriles is 1. The highest BCUT2D eigenvalue weighted by Crippen LogP contribution is 2.56. The molecule has 182 valence electrons. The molecule has 1 heterocycles. The summed E-state index contributed by atoms with van der Waals surface area (Å²) in [6.07, 6.45) is 2.51. The van der Waals surface area contributed by atoms with E-state index >= 15 is 0 Å². The molecular formula is C30H29N3O3. The molecule has 0 spiro atoms. The van der Waals surface area contributed by atoms with Gasteiger partial charge in [-0.2, -0.15) is 5.26 Å². The van der Waals surface area contributed by atoms with Crippen LogP contribution in [0, 0.1) is 36.0 Å². The largest absolute Gasteiger partial charge is 0.481 e. The number of aromatic nitrogens is 2. The van der Waals surface area contributed by atoms with Crippen LogP contribution >= 0.6 is 0 Å². The third-order valence-electron chi connectivity index (χ3n) is 8.07. The summed E-state index contributed by atoms with van der Waals surface area (Å²) in [6.45, 7) is 3.86. The van der Waals surface area contributed by atoms with Gasteiger partial charge in [0.2, 0.25) is 0 Å². The molecule has 1 unspecified atom stereocenters. The minimum atomic E-state index is -0.820. The van der Waals surface area contributed by atoms with Gasteiger partial charge in [0.25, 0.3) is 0 Å². The van der Waals surface area contributed by atoms with Crippen LogP contribution in [0.1, 0.15) is 54.4 Å². The lowest BCUT2D eigenvalue weighted by Crippen LogP contribution is -2.53. The highest BCUT2D eigenvalue weighted by molar-refractivity contribution is 5.87. The summed E-state index contributed by atoms with van der Waals surface area (Å²) in [5.41, 5.74) is 5.30. The molecule has 6 nitrogen and oxygen atoms in total. The van der Waals surface area contributed by atoms with Gasteiger partial charge in [-0.05, 0) is 55.7 Å². The van der Waals surface area contributed by atoms with Gasteiger partial charge in [-0.25, -0.2) is 9.97 Å². The minimum absolute atomic E-state index is 0.0367. The second-order valence-corrected chi connectivity index (χ2v) is 10.1. The molecule has 0 saturated heterocycles. The topological polar surface area (TPSA) is 104 Å². The molecule has 1 N–H and O–H groups in total. The molecule has 1 aromatic heterocycles. The van der Waals surface area contributed by atoms with Crippen molar-refractivity contribution in [2.75, 3.05) is 0 Å². The highest BCUT2D eigenvalue weighted by atomic mass is 16.4. The van der Waals surface area contributed by atoms with Crippen molar-refractivity contribution in [3.8, 4) is 17.3 Å². The summed E-state index contributed by atoms with van der Waals surface area (Å²) in [7, 11) is 0. The van der Waals surface area contributed by atoms with E-state index in [9.17, 15) is 14.9 Å². The van der Waals surface area contributed by atoms with Crippen molar-refractivity contribution in [2.45, 2.75) is 51.4 Å². The normalized spacial score (nSPS) is 24.9. The van der Waals surface area contributed by atoms with Gasteiger partial charge < -0.3 is 5.11 Å².